The molecule has 2 aromatic carbocycles. The van der Waals surface area contributed by atoms with Crippen LogP contribution in [0.4, 0.5) is 0 Å². The molecule has 0 aliphatic carbocycles. The Morgan fingerprint density at radius 3 is 2.00 bits per heavy atom. The Hall–Kier alpha value is -4.56. The Morgan fingerprint density at radius 2 is 1.40 bits per heavy atom. The van der Waals surface area contributed by atoms with Crippen molar-refractivity contribution >= 4 is 48.4 Å². The molecule has 1 aliphatic rings. The number of esters is 2. The number of carbonyl (C=O) groups is 2. The van der Waals surface area contributed by atoms with Crippen LogP contribution in [0.1, 0.15) is 29.2 Å². The lowest BCUT2D eigenvalue weighted by Gasteiger charge is -2.15. The molecule has 1 aliphatic heterocycles. The van der Waals surface area contributed by atoms with Gasteiger partial charge in [-0.25, -0.2) is 24.2 Å². The number of aromatic nitrogens is 4. The van der Waals surface area contributed by atoms with Gasteiger partial charge in [-0.2, -0.15) is 5.10 Å². The molecule has 0 bridgehead atoms. The maximum Gasteiger partial charge on any atom is 0.342 e. The molecular weight excluding hydrogens is 687 g/mol. The van der Waals surface area contributed by atoms with Gasteiger partial charge in [-0.15, -0.1) is 22.7 Å². The first-order valence-electron chi connectivity index (χ1n) is 16.4. The lowest BCUT2D eigenvalue weighted by Crippen LogP contribution is -2.22. The minimum absolute atomic E-state index is 0.299. The Morgan fingerprint density at radius 1 is 0.820 bits per heavy atom. The van der Waals surface area contributed by atoms with Gasteiger partial charge in [-0.05, 0) is 26.0 Å². The predicted molar refractivity (Wildman–Crippen MR) is 203 cm³/mol. The fourth-order valence-corrected chi connectivity index (χ4v) is 7.20. The first-order valence-corrected chi connectivity index (χ1v) is 21.9. The van der Waals surface area contributed by atoms with E-state index in [4.69, 9.17) is 19.2 Å². The molecule has 6 rings (SSSR count). The van der Waals surface area contributed by atoms with E-state index in [9.17, 15) is 9.59 Å². The Balaban J connectivity index is 0.000000204. The van der Waals surface area contributed by atoms with Crippen molar-refractivity contribution in [3.8, 4) is 33.2 Å². The Bertz CT molecular complexity index is 1940. The van der Waals surface area contributed by atoms with Crippen molar-refractivity contribution < 1.29 is 23.8 Å². The SMILES string of the molecule is CCOC(=O)C1=CCN=C1c1nc(-c2ccccc2)cs1.CCOC(=O)c1cn(COCC[Si](C)(C)C)nc1-c1nc(-c2ccccc2)cs1. The van der Waals surface area contributed by atoms with E-state index in [1.54, 1.807) is 30.8 Å². The van der Waals surface area contributed by atoms with Crippen LogP contribution in [0.2, 0.25) is 25.7 Å². The fraction of sp³-hybridized carbons (Fsp3) is 0.297. The van der Waals surface area contributed by atoms with Crippen molar-refractivity contribution in [1.82, 2.24) is 19.7 Å². The molecule has 13 heteroatoms. The molecule has 0 N–H and O–H groups in total. The van der Waals surface area contributed by atoms with E-state index in [1.165, 1.54) is 22.7 Å². The molecule has 0 radical (unpaired) electrons. The summed E-state index contributed by atoms with van der Waals surface area (Å²) in [5.41, 5.74) is 5.95. The van der Waals surface area contributed by atoms with Crippen LogP contribution in [0.3, 0.4) is 0 Å². The van der Waals surface area contributed by atoms with Crippen LogP contribution >= 0.6 is 22.7 Å². The molecule has 10 nitrogen and oxygen atoms in total. The van der Waals surface area contributed by atoms with E-state index in [0.29, 0.717) is 60.6 Å². The largest absolute Gasteiger partial charge is 0.462 e. The number of benzene rings is 2. The van der Waals surface area contributed by atoms with Crippen LogP contribution in [0.5, 0.6) is 0 Å². The van der Waals surface area contributed by atoms with Gasteiger partial charge in [0, 0.05) is 42.8 Å². The molecule has 4 heterocycles. The van der Waals surface area contributed by atoms with Crippen LogP contribution in [-0.2, 0) is 25.7 Å². The normalized spacial score (nSPS) is 12.5. The second kappa shape index (κ2) is 17.4. The average molecular weight is 728 g/mol. The summed E-state index contributed by atoms with van der Waals surface area (Å²) in [5.74, 6) is -0.725. The number of rotatable bonds is 13. The standard InChI is InChI=1S/C21H27N3O3SSi.C16H14N2O2S/c1-5-27-21(25)17-13-24(15-26-11-12-29(2,3)4)23-19(17)20-22-18(14-28-20)16-9-7-6-8-10-16;1-2-20-16(19)12-8-9-17-14(12)15-18-13(10-21-15)11-6-4-3-5-7-11/h6-10,13-14H,5,11-12,15H2,1-4H3;3-8,10H,2,9H2,1H3. The minimum Gasteiger partial charge on any atom is -0.462 e. The van der Waals surface area contributed by atoms with Gasteiger partial charge in [0.15, 0.2) is 0 Å². The summed E-state index contributed by atoms with van der Waals surface area (Å²) in [5, 5.41) is 9.97. The third kappa shape index (κ3) is 9.78. The fourth-order valence-electron chi connectivity index (χ4n) is 4.77. The molecule has 0 spiro atoms. The summed E-state index contributed by atoms with van der Waals surface area (Å²) in [6.45, 7) is 12.7. The summed E-state index contributed by atoms with van der Waals surface area (Å²) >= 11 is 2.95. The highest BCUT2D eigenvalue weighted by atomic mass is 32.1. The number of ether oxygens (including phenoxy) is 3. The molecule has 3 aromatic heterocycles. The molecule has 0 saturated heterocycles. The third-order valence-corrected chi connectivity index (χ3v) is 10.7. The van der Waals surface area contributed by atoms with Gasteiger partial charge in [-0.1, -0.05) is 80.3 Å². The number of thiazole rings is 2. The molecule has 0 unspecified atom stereocenters. The van der Waals surface area contributed by atoms with Crippen LogP contribution in [0, 0.1) is 0 Å². The maximum atomic E-state index is 12.5. The summed E-state index contributed by atoms with van der Waals surface area (Å²) in [6.07, 6.45) is 3.47. The van der Waals surface area contributed by atoms with E-state index in [0.717, 1.165) is 33.6 Å². The topological polar surface area (TPSA) is 118 Å². The number of aliphatic imine (C=N–C) groups is 1. The first-order chi connectivity index (χ1) is 24.2. The molecule has 0 amide bonds. The molecule has 0 atom stereocenters. The van der Waals surface area contributed by atoms with Crippen molar-refractivity contribution in [2.24, 2.45) is 4.99 Å². The molecule has 5 aromatic rings. The monoisotopic (exact) mass is 727 g/mol. The van der Waals surface area contributed by atoms with Gasteiger partial charge in [-0.3, -0.25) is 4.99 Å². The van der Waals surface area contributed by atoms with Crippen molar-refractivity contribution in [3.63, 3.8) is 0 Å². The van der Waals surface area contributed by atoms with Gasteiger partial charge in [0.2, 0.25) is 0 Å². The predicted octanol–water partition coefficient (Wildman–Crippen LogP) is 8.26. The van der Waals surface area contributed by atoms with Gasteiger partial charge in [0.05, 0.1) is 36.7 Å². The number of carbonyl (C=O) groups excluding carboxylic acids is 2. The molecule has 50 heavy (non-hydrogen) atoms. The number of hydrogen-bond acceptors (Lipinski definition) is 11. The zero-order valence-corrected chi connectivity index (χ0v) is 31.6. The highest BCUT2D eigenvalue weighted by molar-refractivity contribution is 7.13. The maximum absolute atomic E-state index is 12.5. The average Bonchev–Trinajstić information content (AvgIpc) is 3.94. The van der Waals surface area contributed by atoms with Crippen molar-refractivity contribution in [2.45, 2.75) is 46.3 Å². The van der Waals surface area contributed by atoms with Gasteiger partial charge >= 0.3 is 11.9 Å². The lowest BCUT2D eigenvalue weighted by molar-refractivity contribution is -0.137. The van der Waals surface area contributed by atoms with Crippen LogP contribution in [0.15, 0.2) is 94.3 Å². The van der Waals surface area contributed by atoms with Gasteiger partial charge < -0.3 is 14.2 Å². The highest BCUT2D eigenvalue weighted by Gasteiger charge is 2.25. The second-order valence-corrected chi connectivity index (χ2v) is 19.7. The van der Waals surface area contributed by atoms with Crippen LogP contribution in [-0.4, -0.2) is 71.8 Å². The van der Waals surface area contributed by atoms with Gasteiger partial charge in [0.1, 0.15) is 33.7 Å². The van der Waals surface area contributed by atoms with Gasteiger partial charge in [0.25, 0.3) is 0 Å². The number of hydrogen-bond donors (Lipinski definition) is 0. The summed E-state index contributed by atoms with van der Waals surface area (Å²) in [4.78, 5) is 38.0. The number of nitrogens with zero attached hydrogens (tertiary/aromatic N) is 5. The van der Waals surface area contributed by atoms with Crippen molar-refractivity contribution in [3.05, 3.63) is 99.8 Å². The third-order valence-electron chi connectivity index (χ3n) is 7.32. The quantitative estimate of drug-likeness (QED) is 0.0676. The molecule has 260 valence electrons. The summed E-state index contributed by atoms with van der Waals surface area (Å²) in [7, 11) is -1.15. The lowest BCUT2D eigenvalue weighted by atomic mass is 10.1. The van der Waals surface area contributed by atoms with E-state index in [1.807, 2.05) is 71.4 Å². The molecule has 0 fully saturated rings. The zero-order valence-electron chi connectivity index (χ0n) is 28.9. The van der Waals surface area contributed by atoms with E-state index < -0.39 is 14.0 Å². The minimum atomic E-state index is -1.15. The highest BCUT2D eigenvalue weighted by Crippen LogP contribution is 2.31. The Kier molecular flexibility index (Phi) is 12.8. The zero-order chi connectivity index (χ0) is 35.5. The summed E-state index contributed by atoms with van der Waals surface area (Å²) < 4.78 is 17.7. The summed E-state index contributed by atoms with van der Waals surface area (Å²) in [6, 6.07) is 21.0. The van der Waals surface area contributed by atoms with E-state index in [2.05, 4.69) is 34.7 Å². The van der Waals surface area contributed by atoms with Crippen LogP contribution < -0.4 is 0 Å². The van der Waals surface area contributed by atoms with Crippen LogP contribution in [0.25, 0.3) is 33.2 Å². The first kappa shape index (κ1) is 36.7. The smallest absolute Gasteiger partial charge is 0.342 e. The van der Waals surface area contributed by atoms with Crippen molar-refractivity contribution in [1.29, 1.82) is 0 Å². The van der Waals surface area contributed by atoms with Crippen molar-refractivity contribution in [2.75, 3.05) is 26.4 Å². The van der Waals surface area contributed by atoms with E-state index >= 15 is 0 Å². The Labute approximate surface area is 301 Å². The van der Waals surface area contributed by atoms with E-state index in [-0.39, 0.29) is 5.97 Å². The molecule has 0 saturated carbocycles. The molecular formula is C37H41N5O5S2Si. The second-order valence-electron chi connectivity index (χ2n) is 12.3.